The number of nitrogens with zero attached hydrogens (tertiary/aromatic N) is 1. The van der Waals surface area contributed by atoms with Gasteiger partial charge in [-0.15, -0.1) is 0 Å². The highest BCUT2D eigenvalue weighted by molar-refractivity contribution is 6.14. The van der Waals surface area contributed by atoms with E-state index in [1.165, 1.54) is 6.08 Å². The molecule has 1 fully saturated rings. The van der Waals surface area contributed by atoms with Crippen LogP contribution in [0.25, 0.3) is 0 Å². The number of carbonyl (C=O) groups is 2. The van der Waals surface area contributed by atoms with Crippen molar-refractivity contribution in [2.24, 2.45) is 11.8 Å². The van der Waals surface area contributed by atoms with Crippen molar-refractivity contribution < 1.29 is 23.8 Å². The largest absolute Gasteiger partial charge is 0.477 e. The number of ether oxygens (including phenoxy) is 3. The minimum absolute atomic E-state index is 0.129. The average molecular weight is 353 g/mol. The maximum atomic E-state index is 12.3. The van der Waals surface area contributed by atoms with E-state index in [2.05, 4.69) is 0 Å². The quantitative estimate of drug-likeness (QED) is 0.303. The van der Waals surface area contributed by atoms with Crippen LogP contribution in [0.2, 0.25) is 0 Å². The van der Waals surface area contributed by atoms with Crippen molar-refractivity contribution in [1.29, 1.82) is 0 Å². The van der Waals surface area contributed by atoms with Gasteiger partial charge in [0, 0.05) is 7.05 Å². The maximum absolute atomic E-state index is 12.3. The van der Waals surface area contributed by atoms with Gasteiger partial charge in [0.05, 0.1) is 18.8 Å². The zero-order valence-corrected chi connectivity index (χ0v) is 16.4. The summed E-state index contributed by atoms with van der Waals surface area (Å²) >= 11 is 0. The van der Waals surface area contributed by atoms with Crippen LogP contribution in [0, 0.1) is 11.8 Å². The first-order chi connectivity index (χ1) is 11.5. The molecule has 0 N–H and O–H groups in total. The number of allylic oxidation sites excluding steroid dienone is 2. The van der Waals surface area contributed by atoms with Gasteiger partial charge < -0.3 is 19.1 Å². The summed E-state index contributed by atoms with van der Waals surface area (Å²) in [7, 11) is 1.90. The molecule has 0 aromatic heterocycles. The fourth-order valence-corrected chi connectivity index (χ4v) is 1.92. The molecule has 1 heterocycles. The van der Waals surface area contributed by atoms with Crippen LogP contribution < -0.4 is 0 Å². The van der Waals surface area contributed by atoms with E-state index >= 15 is 0 Å². The molecule has 1 aliphatic rings. The zero-order chi connectivity index (χ0) is 19.2. The number of hydrogen-bond donors (Lipinski definition) is 0. The van der Waals surface area contributed by atoms with Gasteiger partial charge in [0.25, 0.3) is 0 Å². The smallest absolute Gasteiger partial charge is 0.345 e. The molecule has 0 radical (unpaired) electrons. The Morgan fingerprint density at radius 3 is 1.96 bits per heavy atom. The molecular formula is C19H31NO5. The molecule has 25 heavy (non-hydrogen) atoms. The fraction of sp³-hybridized carbons (Fsp3) is 0.684. The van der Waals surface area contributed by atoms with Crippen LogP contribution in [0.15, 0.2) is 23.6 Å². The summed E-state index contributed by atoms with van der Waals surface area (Å²) in [5.74, 6) is -0.407. The van der Waals surface area contributed by atoms with Crippen molar-refractivity contribution in [3.63, 3.8) is 0 Å². The molecule has 6 heteroatoms. The first kappa shape index (κ1) is 21.1. The van der Waals surface area contributed by atoms with Crippen molar-refractivity contribution >= 4 is 11.9 Å². The Bertz CT molecular complexity index is 520. The van der Waals surface area contributed by atoms with E-state index in [4.69, 9.17) is 14.2 Å². The van der Waals surface area contributed by atoms with Gasteiger partial charge in [0.1, 0.15) is 12.2 Å². The standard InChI is InChI=1S/C19H31NO5/c1-13(2)10-23-17(21)15(18(22)24-11-14(3)4)8-9-16-20(7)19(5,6)12-25-16/h8-9,13-14H,10-12H2,1-7H3. The molecule has 0 aromatic rings. The average Bonchev–Trinajstić information content (AvgIpc) is 2.77. The summed E-state index contributed by atoms with van der Waals surface area (Å²) in [6.07, 6.45) is 3.02. The topological polar surface area (TPSA) is 65.1 Å². The van der Waals surface area contributed by atoms with Gasteiger partial charge in [-0.05, 0) is 37.8 Å². The Kier molecular flexibility index (Phi) is 7.52. The van der Waals surface area contributed by atoms with E-state index in [-0.39, 0.29) is 36.2 Å². The Balaban J connectivity index is 2.97. The van der Waals surface area contributed by atoms with Crippen LogP contribution in [0.1, 0.15) is 41.5 Å². The van der Waals surface area contributed by atoms with Gasteiger partial charge >= 0.3 is 11.9 Å². The second-order valence-electron chi connectivity index (χ2n) is 7.73. The van der Waals surface area contributed by atoms with Crippen molar-refractivity contribution in [2.75, 3.05) is 26.9 Å². The molecule has 0 atom stereocenters. The van der Waals surface area contributed by atoms with Gasteiger partial charge in [0.2, 0.25) is 0 Å². The van der Waals surface area contributed by atoms with Gasteiger partial charge in [-0.2, -0.15) is 0 Å². The maximum Gasteiger partial charge on any atom is 0.345 e. The monoisotopic (exact) mass is 353 g/mol. The molecule has 142 valence electrons. The number of hydrogen-bond acceptors (Lipinski definition) is 6. The number of likely N-dealkylation sites (N-methyl/N-ethyl adjacent to an activating group) is 1. The van der Waals surface area contributed by atoms with Crippen LogP contribution >= 0.6 is 0 Å². The number of carbonyl (C=O) groups excluding carboxylic acids is 2. The first-order valence-corrected chi connectivity index (χ1v) is 8.67. The third-order valence-electron chi connectivity index (χ3n) is 3.74. The highest BCUT2D eigenvalue weighted by Gasteiger charge is 2.33. The van der Waals surface area contributed by atoms with Gasteiger partial charge in [-0.25, -0.2) is 9.59 Å². The fourth-order valence-electron chi connectivity index (χ4n) is 1.92. The van der Waals surface area contributed by atoms with E-state index in [1.54, 1.807) is 6.08 Å². The van der Waals surface area contributed by atoms with Crippen LogP contribution in [0.3, 0.4) is 0 Å². The van der Waals surface area contributed by atoms with Crippen molar-refractivity contribution in [3.8, 4) is 0 Å². The minimum Gasteiger partial charge on any atom is -0.477 e. The molecule has 1 aliphatic heterocycles. The molecule has 6 nitrogen and oxygen atoms in total. The second kappa shape index (κ2) is 8.92. The molecule has 0 aromatic carbocycles. The Hall–Kier alpha value is -1.98. The van der Waals surface area contributed by atoms with Crippen LogP contribution in [0.5, 0.6) is 0 Å². The third kappa shape index (κ3) is 6.44. The zero-order valence-electron chi connectivity index (χ0n) is 16.4. The minimum atomic E-state index is -0.681. The van der Waals surface area contributed by atoms with Crippen LogP contribution in [0.4, 0.5) is 0 Å². The molecule has 0 bridgehead atoms. The lowest BCUT2D eigenvalue weighted by Gasteiger charge is -2.25. The molecule has 0 amide bonds. The Labute approximate surface area is 150 Å². The summed E-state index contributed by atoms with van der Waals surface area (Å²) in [4.78, 5) is 26.5. The number of esters is 2. The lowest BCUT2D eigenvalue weighted by molar-refractivity contribution is -0.148. The van der Waals surface area contributed by atoms with Crippen molar-refractivity contribution in [1.82, 2.24) is 4.90 Å². The number of rotatable bonds is 7. The summed E-state index contributed by atoms with van der Waals surface area (Å²) in [5, 5.41) is 0. The van der Waals surface area contributed by atoms with Gasteiger partial charge in [-0.3, -0.25) is 0 Å². The van der Waals surface area contributed by atoms with Gasteiger partial charge in [0.15, 0.2) is 5.88 Å². The van der Waals surface area contributed by atoms with Gasteiger partial charge in [-0.1, -0.05) is 27.7 Å². The highest BCUT2D eigenvalue weighted by atomic mass is 16.6. The summed E-state index contributed by atoms with van der Waals surface area (Å²) < 4.78 is 16.0. The summed E-state index contributed by atoms with van der Waals surface area (Å²) in [6.45, 7) is 12.8. The molecule has 1 rings (SSSR count). The van der Waals surface area contributed by atoms with E-state index in [9.17, 15) is 9.59 Å². The Morgan fingerprint density at radius 2 is 1.60 bits per heavy atom. The molecular weight excluding hydrogens is 322 g/mol. The van der Waals surface area contributed by atoms with Crippen molar-refractivity contribution in [3.05, 3.63) is 23.6 Å². The van der Waals surface area contributed by atoms with E-state index in [1.807, 2.05) is 53.5 Å². The van der Waals surface area contributed by atoms with E-state index in [0.717, 1.165) is 0 Å². The summed E-state index contributed by atoms with van der Waals surface area (Å²) in [5.41, 5.74) is -0.272. The lowest BCUT2D eigenvalue weighted by Crippen LogP contribution is -2.36. The van der Waals surface area contributed by atoms with Crippen molar-refractivity contribution in [2.45, 2.75) is 47.1 Å². The SMILES string of the molecule is CC(C)COC(=O)C(=CC=C1OCC(C)(C)N1C)C(=O)OCC(C)C. The molecule has 1 saturated heterocycles. The second-order valence-corrected chi connectivity index (χ2v) is 7.73. The Morgan fingerprint density at radius 1 is 1.12 bits per heavy atom. The highest BCUT2D eigenvalue weighted by Crippen LogP contribution is 2.27. The van der Waals surface area contributed by atoms with E-state index < -0.39 is 11.9 Å². The molecule has 0 unspecified atom stereocenters. The first-order valence-electron chi connectivity index (χ1n) is 8.67. The summed E-state index contributed by atoms with van der Waals surface area (Å²) in [6, 6.07) is 0. The van der Waals surface area contributed by atoms with Crippen LogP contribution in [-0.2, 0) is 23.8 Å². The normalized spacial score (nSPS) is 17.6. The predicted molar refractivity (Wildman–Crippen MR) is 95.6 cm³/mol. The molecule has 0 saturated carbocycles. The molecule has 0 aliphatic carbocycles. The van der Waals surface area contributed by atoms with E-state index in [0.29, 0.717) is 12.5 Å². The van der Waals surface area contributed by atoms with Crippen LogP contribution in [-0.4, -0.2) is 49.2 Å². The lowest BCUT2D eigenvalue weighted by atomic mass is 10.1. The predicted octanol–water partition coefficient (Wildman–Crippen LogP) is 2.89. The molecule has 0 spiro atoms. The third-order valence-corrected chi connectivity index (χ3v) is 3.74.